The number of nitriles is 1. The van der Waals surface area contributed by atoms with Gasteiger partial charge in [-0.15, -0.1) is 11.3 Å². The van der Waals surface area contributed by atoms with E-state index < -0.39 is 10.0 Å². The van der Waals surface area contributed by atoms with E-state index in [4.69, 9.17) is 5.26 Å². The Morgan fingerprint density at radius 1 is 1.29 bits per heavy atom. The van der Waals surface area contributed by atoms with E-state index >= 15 is 0 Å². The van der Waals surface area contributed by atoms with Gasteiger partial charge in [0.1, 0.15) is 0 Å². The van der Waals surface area contributed by atoms with Crippen molar-refractivity contribution in [2.24, 2.45) is 0 Å². The summed E-state index contributed by atoms with van der Waals surface area (Å²) in [6.45, 7) is 1.88. The van der Waals surface area contributed by atoms with Gasteiger partial charge in [0, 0.05) is 11.9 Å². The number of hydrogen-bond donors (Lipinski definition) is 0. The van der Waals surface area contributed by atoms with Crippen molar-refractivity contribution in [1.29, 1.82) is 5.26 Å². The third-order valence-electron chi connectivity index (χ3n) is 3.37. The Hall–Kier alpha value is -1.68. The molecule has 0 aliphatic rings. The predicted molar refractivity (Wildman–Crippen MR) is 84.3 cm³/mol. The maximum absolute atomic E-state index is 12.5. The lowest BCUT2D eigenvalue weighted by molar-refractivity contribution is 0.402. The fraction of sp³-hybridized carbons (Fsp3) is 0.267. The average Bonchev–Trinajstić information content (AvgIpc) is 3.00. The normalized spacial score (nSPS) is 13.0. The maximum Gasteiger partial charge on any atom is 0.218 e. The molecule has 1 aromatic heterocycles. The number of thiophene rings is 1. The van der Waals surface area contributed by atoms with Gasteiger partial charge in [-0.2, -0.15) is 9.57 Å². The third-order valence-corrected chi connectivity index (χ3v) is 6.31. The van der Waals surface area contributed by atoms with Crippen molar-refractivity contribution in [1.82, 2.24) is 4.31 Å². The first-order valence-corrected chi connectivity index (χ1v) is 8.91. The van der Waals surface area contributed by atoms with Crippen LogP contribution in [0.2, 0.25) is 0 Å². The van der Waals surface area contributed by atoms with E-state index in [0.717, 1.165) is 4.88 Å². The molecule has 4 nitrogen and oxygen atoms in total. The minimum absolute atomic E-state index is 0.0646. The smallest absolute Gasteiger partial charge is 0.212 e. The van der Waals surface area contributed by atoms with Gasteiger partial charge in [-0.3, -0.25) is 0 Å². The van der Waals surface area contributed by atoms with Crippen molar-refractivity contribution in [3.63, 3.8) is 0 Å². The van der Waals surface area contributed by atoms with Crippen LogP contribution in [-0.2, 0) is 15.8 Å². The van der Waals surface area contributed by atoms with Crippen LogP contribution in [0.1, 0.15) is 29.0 Å². The van der Waals surface area contributed by atoms with Crippen LogP contribution < -0.4 is 0 Å². The van der Waals surface area contributed by atoms with Crippen LogP contribution in [0.4, 0.5) is 0 Å². The summed E-state index contributed by atoms with van der Waals surface area (Å²) < 4.78 is 26.3. The Kier molecular flexibility index (Phi) is 4.78. The lowest BCUT2D eigenvalue weighted by Crippen LogP contribution is -2.30. The van der Waals surface area contributed by atoms with Gasteiger partial charge in [0.2, 0.25) is 10.0 Å². The Morgan fingerprint density at radius 2 is 1.95 bits per heavy atom. The summed E-state index contributed by atoms with van der Waals surface area (Å²) in [6, 6.07) is 12.3. The van der Waals surface area contributed by atoms with E-state index in [1.807, 2.05) is 30.5 Å². The molecule has 0 spiro atoms. The fourth-order valence-electron chi connectivity index (χ4n) is 1.94. The van der Waals surface area contributed by atoms with Crippen molar-refractivity contribution < 1.29 is 8.42 Å². The lowest BCUT2D eigenvalue weighted by Gasteiger charge is -2.23. The molecule has 1 unspecified atom stereocenters. The Labute approximate surface area is 129 Å². The number of sulfonamides is 1. The minimum Gasteiger partial charge on any atom is -0.212 e. The molecule has 0 fully saturated rings. The summed E-state index contributed by atoms with van der Waals surface area (Å²) in [4.78, 5) is 1.01. The van der Waals surface area contributed by atoms with Crippen LogP contribution >= 0.6 is 11.3 Å². The Balaban J connectivity index is 2.15. The Morgan fingerprint density at radius 3 is 2.48 bits per heavy atom. The first kappa shape index (κ1) is 15.7. The number of benzene rings is 1. The second-order valence-electron chi connectivity index (χ2n) is 4.77. The molecular weight excluding hydrogens is 304 g/mol. The van der Waals surface area contributed by atoms with E-state index in [0.29, 0.717) is 11.1 Å². The highest BCUT2D eigenvalue weighted by Crippen LogP contribution is 2.26. The third kappa shape index (κ3) is 3.70. The van der Waals surface area contributed by atoms with E-state index in [9.17, 15) is 8.42 Å². The van der Waals surface area contributed by atoms with Crippen molar-refractivity contribution in [2.75, 3.05) is 7.05 Å². The summed E-state index contributed by atoms with van der Waals surface area (Å²) in [5.41, 5.74) is 1.20. The zero-order valence-electron chi connectivity index (χ0n) is 11.9. The molecule has 2 aromatic rings. The number of nitrogens with zero attached hydrogens (tertiary/aromatic N) is 2. The van der Waals surface area contributed by atoms with Crippen LogP contribution in [-0.4, -0.2) is 19.8 Å². The quantitative estimate of drug-likeness (QED) is 0.850. The zero-order valence-corrected chi connectivity index (χ0v) is 13.5. The highest BCUT2D eigenvalue weighted by molar-refractivity contribution is 7.88. The summed E-state index contributed by atoms with van der Waals surface area (Å²) in [5, 5.41) is 10.7. The van der Waals surface area contributed by atoms with Gasteiger partial charge >= 0.3 is 0 Å². The van der Waals surface area contributed by atoms with Crippen molar-refractivity contribution >= 4 is 21.4 Å². The molecule has 110 valence electrons. The minimum atomic E-state index is -3.40. The predicted octanol–water partition coefficient (Wildman–Crippen LogP) is 3.14. The second-order valence-corrected chi connectivity index (χ2v) is 7.78. The molecule has 21 heavy (non-hydrogen) atoms. The second kappa shape index (κ2) is 6.39. The SMILES string of the molecule is CC(c1cccs1)N(C)S(=O)(=O)Cc1ccc(C#N)cc1. The van der Waals surface area contributed by atoms with Gasteiger partial charge in [0.15, 0.2) is 0 Å². The zero-order chi connectivity index (χ0) is 15.5. The molecule has 0 bridgehead atoms. The van der Waals surface area contributed by atoms with Gasteiger partial charge in [-0.05, 0) is 36.1 Å². The summed E-state index contributed by atoms with van der Waals surface area (Å²) in [6.07, 6.45) is 0. The monoisotopic (exact) mass is 320 g/mol. The van der Waals surface area contributed by atoms with E-state index in [-0.39, 0.29) is 11.8 Å². The largest absolute Gasteiger partial charge is 0.218 e. The van der Waals surface area contributed by atoms with Crippen LogP contribution in [0.5, 0.6) is 0 Å². The standard InChI is InChI=1S/C15H16N2O2S2/c1-12(15-4-3-9-20-15)17(2)21(18,19)11-14-7-5-13(10-16)6-8-14/h3-9,12H,11H2,1-2H3. The molecule has 1 aromatic carbocycles. The summed E-state index contributed by atoms with van der Waals surface area (Å²) >= 11 is 1.54. The first-order valence-electron chi connectivity index (χ1n) is 6.42. The molecule has 2 rings (SSSR count). The van der Waals surface area contributed by atoms with Gasteiger partial charge in [0.05, 0.1) is 23.4 Å². The van der Waals surface area contributed by atoms with Crippen molar-refractivity contribution in [3.05, 3.63) is 57.8 Å². The van der Waals surface area contributed by atoms with Crippen LogP contribution in [0.3, 0.4) is 0 Å². The molecule has 0 amide bonds. The molecule has 0 saturated carbocycles. The molecule has 0 aliphatic heterocycles. The highest BCUT2D eigenvalue weighted by atomic mass is 32.2. The molecule has 1 heterocycles. The molecular formula is C15H16N2O2S2. The maximum atomic E-state index is 12.5. The highest BCUT2D eigenvalue weighted by Gasteiger charge is 2.25. The van der Waals surface area contributed by atoms with Crippen molar-refractivity contribution in [3.8, 4) is 6.07 Å². The average molecular weight is 320 g/mol. The molecule has 0 aliphatic carbocycles. The van der Waals surface area contributed by atoms with E-state index in [2.05, 4.69) is 0 Å². The number of rotatable bonds is 5. The lowest BCUT2D eigenvalue weighted by atomic mass is 10.2. The van der Waals surface area contributed by atoms with Gasteiger partial charge < -0.3 is 0 Å². The fourth-order valence-corrected chi connectivity index (χ4v) is 4.24. The van der Waals surface area contributed by atoms with Crippen LogP contribution in [0, 0.1) is 11.3 Å². The van der Waals surface area contributed by atoms with E-state index in [1.165, 1.54) is 4.31 Å². The molecule has 0 radical (unpaired) electrons. The summed E-state index contributed by atoms with van der Waals surface area (Å²) in [7, 11) is -1.80. The topological polar surface area (TPSA) is 61.2 Å². The molecule has 0 N–H and O–H groups in total. The first-order chi connectivity index (χ1) is 9.94. The molecule has 6 heteroatoms. The van der Waals surface area contributed by atoms with Gasteiger partial charge in [-0.25, -0.2) is 8.42 Å². The summed E-state index contributed by atoms with van der Waals surface area (Å²) in [5.74, 6) is -0.0646. The molecule has 0 saturated heterocycles. The van der Waals surface area contributed by atoms with Crippen molar-refractivity contribution in [2.45, 2.75) is 18.7 Å². The van der Waals surface area contributed by atoms with Gasteiger partial charge in [0.25, 0.3) is 0 Å². The van der Waals surface area contributed by atoms with Crippen LogP contribution in [0.25, 0.3) is 0 Å². The van der Waals surface area contributed by atoms with Crippen LogP contribution in [0.15, 0.2) is 41.8 Å². The van der Waals surface area contributed by atoms with Gasteiger partial charge in [-0.1, -0.05) is 18.2 Å². The molecule has 1 atom stereocenters. The number of hydrogen-bond acceptors (Lipinski definition) is 4. The Bertz CT molecular complexity index is 729. The van der Waals surface area contributed by atoms with E-state index in [1.54, 1.807) is 42.6 Å².